The first-order chi connectivity index (χ1) is 13.1. The number of para-hydroxylation sites is 1. The van der Waals surface area contributed by atoms with E-state index in [1.165, 1.54) is 18.7 Å². The molecule has 0 spiro atoms. The van der Waals surface area contributed by atoms with Gasteiger partial charge in [-0.1, -0.05) is 36.0 Å². The third-order valence-corrected chi connectivity index (χ3v) is 4.73. The van der Waals surface area contributed by atoms with E-state index in [0.29, 0.717) is 28.1 Å². The van der Waals surface area contributed by atoms with Crippen molar-refractivity contribution < 1.29 is 9.53 Å². The molecule has 0 fully saturated rings. The number of aryl methyl sites for hydroxylation is 1. The summed E-state index contributed by atoms with van der Waals surface area (Å²) < 4.78 is 6.21. The Morgan fingerprint density at radius 3 is 2.67 bits per heavy atom. The molecular weight excluding hydrogens is 362 g/mol. The van der Waals surface area contributed by atoms with Gasteiger partial charge < -0.3 is 4.74 Å². The molecule has 1 aromatic carbocycles. The molecule has 0 N–H and O–H groups in total. The fraction of sp³-hybridized carbons (Fsp3) is 0.211. The van der Waals surface area contributed by atoms with Crippen molar-refractivity contribution in [1.82, 2.24) is 20.2 Å². The lowest BCUT2D eigenvalue weighted by Gasteiger charge is -2.29. The molecule has 0 saturated heterocycles. The number of amides is 1. The van der Waals surface area contributed by atoms with Gasteiger partial charge in [-0.05, 0) is 31.4 Å². The lowest BCUT2D eigenvalue weighted by molar-refractivity contribution is -0.118. The zero-order valence-corrected chi connectivity index (χ0v) is 15.9. The highest BCUT2D eigenvalue weighted by atomic mass is 32.2. The Morgan fingerprint density at radius 1 is 1.11 bits per heavy atom. The number of benzene rings is 1. The second kappa shape index (κ2) is 6.96. The second-order valence-corrected chi connectivity index (χ2v) is 6.81. The van der Waals surface area contributed by atoms with Crippen LogP contribution >= 0.6 is 11.8 Å². The van der Waals surface area contributed by atoms with Gasteiger partial charge in [0.15, 0.2) is 5.69 Å². The van der Waals surface area contributed by atoms with Gasteiger partial charge in [-0.3, -0.25) is 14.7 Å². The molecule has 0 radical (unpaired) electrons. The summed E-state index contributed by atoms with van der Waals surface area (Å²) in [6.45, 7) is 3.40. The van der Waals surface area contributed by atoms with Gasteiger partial charge in [0.1, 0.15) is 5.69 Å². The van der Waals surface area contributed by atoms with Crippen molar-refractivity contribution >= 4 is 23.4 Å². The molecule has 1 atom stereocenters. The van der Waals surface area contributed by atoms with Crippen LogP contribution in [0.1, 0.15) is 24.5 Å². The average molecular weight is 379 g/mol. The third-order valence-electron chi connectivity index (χ3n) is 4.20. The van der Waals surface area contributed by atoms with Crippen LogP contribution in [0.4, 0.5) is 5.69 Å². The Morgan fingerprint density at radius 2 is 1.93 bits per heavy atom. The van der Waals surface area contributed by atoms with Crippen molar-refractivity contribution in [2.24, 2.45) is 0 Å². The standard InChI is InChI=1S/C19H17N5O2S/c1-11-7-6-9-14(20-11)18-24(12(2)25)15-10-5-4-8-13(15)16-17(26-18)21-19(27-3)23-22-16/h4-10,18H,1-3H3. The average Bonchev–Trinajstić information content (AvgIpc) is 2.82. The first-order valence-electron chi connectivity index (χ1n) is 8.36. The molecule has 3 heterocycles. The topological polar surface area (TPSA) is 81.1 Å². The Balaban J connectivity index is 1.98. The molecule has 1 aliphatic heterocycles. The number of thioether (sulfide) groups is 1. The molecule has 3 aromatic rings. The number of anilines is 1. The molecule has 136 valence electrons. The number of nitrogens with zero attached hydrogens (tertiary/aromatic N) is 5. The van der Waals surface area contributed by atoms with Crippen molar-refractivity contribution in [3.63, 3.8) is 0 Å². The minimum Gasteiger partial charge on any atom is -0.445 e. The molecule has 7 nitrogen and oxygen atoms in total. The van der Waals surface area contributed by atoms with Gasteiger partial charge >= 0.3 is 0 Å². The first-order valence-corrected chi connectivity index (χ1v) is 9.59. The number of carbonyl (C=O) groups excluding carboxylic acids is 1. The van der Waals surface area contributed by atoms with E-state index in [-0.39, 0.29) is 5.91 Å². The van der Waals surface area contributed by atoms with Crippen molar-refractivity contribution in [2.75, 3.05) is 11.2 Å². The van der Waals surface area contributed by atoms with Crippen molar-refractivity contribution in [2.45, 2.75) is 25.2 Å². The molecule has 0 saturated carbocycles. The summed E-state index contributed by atoms with van der Waals surface area (Å²) in [4.78, 5) is 23.3. The quantitative estimate of drug-likeness (QED) is 0.631. The largest absolute Gasteiger partial charge is 0.445 e. The van der Waals surface area contributed by atoms with Gasteiger partial charge in [-0.2, -0.15) is 4.98 Å². The lowest BCUT2D eigenvalue weighted by atomic mass is 10.1. The van der Waals surface area contributed by atoms with Crippen LogP contribution in [0.15, 0.2) is 47.6 Å². The zero-order valence-electron chi connectivity index (χ0n) is 15.1. The van der Waals surface area contributed by atoms with E-state index < -0.39 is 6.23 Å². The van der Waals surface area contributed by atoms with Crippen LogP contribution in [0, 0.1) is 6.92 Å². The van der Waals surface area contributed by atoms with Crippen LogP contribution in [0.2, 0.25) is 0 Å². The molecule has 0 bridgehead atoms. The van der Waals surface area contributed by atoms with E-state index in [1.807, 2.05) is 55.6 Å². The van der Waals surface area contributed by atoms with E-state index in [1.54, 1.807) is 4.90 Å². The second-order valence-electron chi connectivity index (χ2n) is 6.03. The monoisotopic (exact) mass is 379 g/mol. The minimum atomic E-state index is -0.754. The maximum absolute atomic E-state index is 12.6. The van der Waals surface area contributed by atoms with E-state index in [0.717, 1.165) is 11.3 Å². The summed E-state index contributed by atoms with van der Waals surface area (Å²) in [5, 5.41) is 8.95. The fourth-order valence-electron chi connectivity index (χ4n) is 3.03. The number of rotatable bonds is 2. The van der Waals surface area contributed by atoms with E-state index in [4.69, 9.17) is 4.74 Å². The summed E-state index contributed by atoms with van der Waals surface area (Å²) in [6.07, 6.45) is 1.12. The van der Waals surface area contributed by atoms with Crippen LogP contribution in [-0.2, 0) is 4.79 Å². The number of pyridine rings is 1. The van der Waals surface area contributed by atoms with Crippen molar-refractivity contribution in [1.29, 1.82) is 0 Å². The summed E-state index contributed by atoms with van der Waals surface area (Å²) >= 11 is 1.38. The van der Waals surface area contributed by atoms with Gasteiger partial charge in [-0.25, -0.2) is 0 Å². The molecule has 2 aromatic heterocycles. The van der Waals surface area contributed by atoms with Crippen molar-refractivity contribution in [3.05, 3.63) is 53.9 Å². The molecular formula is C19H17N5O2S. The number of carbonyl (C=O) groups is 1. The van der Waals surface area contributed by atoms with E-state index >= 15 is 0 Å². The minimum absolute atomic E-state index is 0.165. The van der Waals surface area contributed by atoms with Crippen LogP contribution in [0.3, 0.4) is 0 Å². The number of hydrogen-bond acceptors (Lipinski definition) is 7. The Bertz CT molecular complexity index is 1030. The maximum Gasteiger partial charge on any atom is 0.247 e. The molecule has 8 heteroatoms. The highest BCUT2D eigenvalue weighted by Gasteiger charge is 2.35. The Labute approximate surface area is 160 Å². The van der Waals surface area contributed by atoms with Crippen LogP contribution in [0.25, 0.3) is 11.3 Å². The highest BCUT2D eigenvalue weighted by molar-refractivity contribution is 7.98. The lowest BCUT2D eigenvalue weighted by Crippen LogP contribution is -2.36. The SMILES string of the molecule is CSc1nnc2c(n1)OC(c1cccc(C)n1)N(C(C)=O)c1ccccc1-2. The van der Waals surface area contributed by atoms with Crippen LogP contribution in [0.5, 0.6) is 5.88 Å². The summed E-state index contributed by atoms with van der Waals surface area (Å²) in [5.41, 5.74) is 3.39. The summed E-state index contributed by atoms with van der Waals surface area (Å²) in [6, 6.07) is 13.1. The van der Waals surface area contributed by atoms with E-state index in [9.17, 15) is 4.79 Å². The number of hydrogen-bond donors (Lipinski definition) is 0. The summed E-state index contributed by atoms with van der Waals surface area (Å²) in [5.74, 6) is 0.167. The number of ether oxygens (including phenoxy) is 1. The number of fused-ring (bicyclic) bond motifs is 3. The van der Waals surface area contributed by atoms with Crippen LogP contribution in [-0.4, -0.2) is 32.3 Å². The van der Waals surface area contributed by atoms with Gasteiger partial charge in [0, 0.05) is 18.2 Å². The van der Waals surface area contributed by atoms with Crippen LogP contribution < -0.4 is 9.64 Å². The van der Waals surface area contributed by atoms with Gasteiger partial charge in [0.2, 0.25) is 23.2 Å². The van der Waals surface area contributed by atoms with Gasteiger partial charge in [0.25, 0.3) is 0 Å². The first kappa shape index (κ1) is 17.4. The Kier molecular flexibility index (Phi) is 4.49. The predicted molar refractivity (Wildman–Crippen MR) is 103 cm³/mol. The number of aromatic nitrogens is 4. The Hall–Kier alpha value is -3.00. The fourth-order valence-corrected chi connectivity index (χ4v) is 3.33. The maximum atomic E-state index is 12.6. The van der Waals surface area contributed by atoms with Gasteiger partial charge in [0.05, 0.1) is 5.69 Å². The predicted octanol–water partition coefficient (Wildman–Crippen LogP) is 3.41. The highest BCUT2D eigenvalue weighted by Crippen LogP contribution is 2.42. The van der Waals surface area contributed by atoms with E-state index in [2.05, 4.69) is 20.2 Å². The zero-order chi connectivity index (χ0) is 19.0. The molecule has 1 aliphatic rings. The molecule has 1 amide bonds. The molecule has 1 unspecified atom stereocenters. The normalized spacial score (nSPS) is 15.4. The summed E-state index contributed by atoms with van der Waals surface area (Å²) in [7, 11) is 0. The van der Waals surface area contributed by atoms with Crippen molar-refractivity contribution in [3.8, 4) is 17.1 Å². The molecule has 4 rings (SSSR count). The molecule has 0 aliphatic carbocycles. The smallest absolute Gasteiger partial charge is 0.247 e. The molecule has 27 heavy (non-hydrogen) atoms. The van der Waals surface area contributed by atoms with Gasteiger partial charge in [-0.15, -0.1) is 10.2 Å². The third kappa shape index (κ3) is 3.12.